The molecule has 0 aliphatic carbocycles. The van der Waals surface area contributed by atoms with E-state index in [0.29, 0.717) is 15.0 Å². The molecule has 0 saturated heterocycles. The molecule has 0 radical (unpaired) electrons. The number of pyridine rings is 1. The highest BCUT2D eigenvalue weighted by atomic mass is 35.5. The standard InChI is InChI=1S/C14H11ClN2O2S/c15-13-6-5-12(20-13)14(18)17-8-1-2-9-19-11-4-3-7-16-10-11/h3-7,10H,8-9H2,(H,17,18). The van der Waals surface area contributed by atoms with E-state index in [1.807, 2.05) is 0 Å². The molecule has 0 aliphatic rings. The van der Waals surface area contributed by atoms with Crippen molar-refractivity contribution in [1.29, 1.82) is 0 Å². The largest absolute Gasteiger partial charge is 0.479 e. The van der Waals surface area contributed by atoms with Crippen molar-refractivity contribution < 1.29 is 9.53 Å². The Morgan fingerprint density at radius 2 is 2.30 bits per heavy atom. The van der Waals surface area contributed by atoms with Crippen molar-refractivity contribution >= 4 is 28.8 Å². The number of carbonyl (C=O) groups excluding carboxylic acids is 1. The molecule has 102 valence electrons. The predicted octanol–water partition coefficient (Wildman–Crippen LogP) is 2.61. The average molecular weight is 307 g/mol. The Hall–Kier alpha value is -2.03. The van der Waals surface area contributed by atoms with Gasteiger partial charge in [-0.25, -0.2) is 0 Å². The Morgan fingerprint density at radius 1 is 1.40 bits per heavy atom. The number of nitrogens with zero attached hydrogens (tertiary/aromatic N) is 1. The molecule has 0 aromatic carbocycles. The molecule has 0 spiro atoms. The van der Waals surface area contributed by atoms with Crippen molar-refractivity contribution in [3.05, 3.63) is 45.9 Å². The summed E-state index contributed by atoms with van der Waals surface area (Å²) in [4.78, 5) is 16.1. The predicted molar refractivity (Wildman–Crippen MR) is 79.2 cm³/mol. The highest BCUT2D eigenvalue weighted by Crippen LogP contribution is 2.20. The summed E-state index contributed by atoms with van der Waals surface area (Å²) in [5.41, 5.74) is 0. The molecule has 1 N–H and O–H groups in total. The monoisotopic (exact) mass is 306 g/mol. The van der Waals surface area contributed by atoms with Gasteiger partial charge in [-0.15, -0.1) is 11.3 Å². The van der Waals surface area contributed by atoms with Crippen LogP contribution in [0.1, 0.15) is 9.67 Å². The molecule has 2 aromatic rings. The molecule has 0 aliphatic heterocycles. The van der Waals surface area contributed by atoms with Gasteiger partial charge < -0.3 is 10.1 Å². The second-order valence-electron chi connectivity index (χ2n) is 3.62. The quantitative estimate of drug-likeness (QED) is 0.883. The van der Waals surface area contributed by atoms with Gasteiger partial charge in [0.15, 0.2) is 0 Å². The van der Waals surface area contributed by atoms with Gasteiger partial charge in [0, 0.05) is 6.20 Å². The maximum atomic E-state index is 11.6. The van der Waals surface area contributed by atoms with Crippen LogP contribution in [-0.4, -0.2) is 24.0 Å². The first-order chi connectivity index (χ1) is 9.75. The Balaban J connectivity index is 1.69. The molecule has 0 fully saturated rings. The fourth-order valence-electron chi connectivity index (χ4n) is 1.31. The minimum atomic E-state index is -0.177. The van der Waals surface area contributed by atoms with Crippen LogP contribution >= 0.6 is 22.9 Å². The molecule has 2 aromatic heterocycles. The smallest absolute Gasteiger partial charge is 0.262 e. The van der Waals surface area contributed by atoms with E-state index >= 15 is 0 Å². The van der Waals surface area contributed by atoms with Crippen LogP contribution in [0, 0.1) is 11.8 Å². The molecule has 6 heteroatoms. The second-order valence-corrected chi connectivity index (χ2v) is 5.33. The maximum Gasteiger partial charge on any atom is 0.262 e. The summed E-state index contributed by atoms with van der Waals surface area (Å²) in [6.45, 7) is 0.525. The normalized spacial score (nSPS) is 9.45. The number of halogens is 1. The lowest BCUT2D eigenvalue weighted by Gasteiger charge is -1.99. The van der Waals surface area contributed by atoms with Gasteiger partial charge in [-0.3, -0.25) is 9.78 Å². The Bertz CT molecular complexity index is 631. The molecule has 0 atom stereocenters. The first kappa shape index (κ1) is 14.4. The highest BCUT2D eigenvalue weighted by molar-refractivity contribution is 7.17. The van der Waals surface area contributed by atoms with E-state index in [2.05, 4.69) is 22.1 Å². The topological polar surface area (TPSA) is 51.2 Å². The van der Waals surface area contributed by atoms with Crippen molar-refractivity contribution in [2.75, 3.05) is 13.2 Å². The van der Waals surface area contributed by atoms with E-state index < -0.39 is 0 Å². The Kier molecular flexibility index (Phi) is 5.42. The Labute approximate surface area is 125 Å². The fourth-order valence-corrected chi connectivity index (χ4v) is 2.27. The molecular weight excluding hydrogens is 296 g/mol. The molecule has 0 bridgehead atoms. The molecule has 1 amide bonds. The number of amides is 1. The molecular formula is C14H11ClN2O2S. The average Bonchev–Trinajstić information content (AvgIpc) is 2.90. The fraction of sp³-hybridized carbons (Fsp3) is 0.143. The minimum Gasteiger partial charge on any atom is -0.479 e. The summed E-state index contributed by atoms with van der Waals surface area (Å²) in [7, 11) is 0. The minimum absolute atomic E-state index is 0.177. The third-order valence-electron chi connectivity index (χ3n) is 2.20. The summed E-state index contributed by atoms with van der Waals surface area (Å²) in [6, 6.07) is 6.96. The third-order valence-corrected chi connectivity index (χ3v) is 3.43. The van der Waals surface area contributed by atoms with Gasteiger partial charge in [0.2, 0.25) is 0 Å². The van der Waals surface area contributed by atoms with Gasteiger partial charge in [0.05, 0.1) is 22.0 Å². The van der Waals surface area contributed by atoms with Gasteiger partial charge in [0.25, 0.3) is 5.91 Å². The Morgan fingerprint density at radius 3 is 3.00 bits per heavy atom. The van der Waals surface area contributed by atoms with Gasteiger partial charge in [0.1, 0.15) is 12.4 Å². The van der Waals surface area contributed by atoms with Gasteiger partial charge in [-0.1, -0.05) is 23.4 Å². The van der Waals surface area contributed by atoms with Crippen LogP contribution in [0.4, 0.5) is 0 Å². The van der Waals surface area contributed by atoms with Crippen molar-refractivity contribution in [3.63, 3.8) is 0 Å². The summed E-state index contributed by atoms with van der Waals surface area (Å²) < 4.78 is 5.93. The van der Waals surface area contributed by atoms with E-state index in [4.69, 9.17) is 16.3 Å². The van der Waals surface area contributed by atoms with Crippen molar-refractivity contribution in [2.24, 2.45) is 0 Å². The number of thiophene rings is 1. The number of aromatic nitrogens is 1. The summed E-state index contributed by atoms with van der Waals surface area (Å²) in [5.74, 6) is 6.11. The van der Waals surface area contributed by atoms with Crippen molar-refractivity contribution in [3.8, 4) is 17.6 Å². The van der Waals surface area contributed by atoms with E-state index in [1.165, 1.54) is 11.3 Å². The molecule has 2 heterocycles. The highest BCUT2D eigenvalue weighted by Gasteiger charge is 2.06. The third kappa shape index (κ3) is 4.57. The van der Waals surface area contributed by atoms with Crippen LogP contribution < -0.4 is 10.1 Å². The zero-order valence-electron chi connectivity index (χ0n) is 10.4. The van der Waals surface area contributed by atoms with Crippen LogP contribution in [0.3, 0.4) is 0 Å². The lowest BCUT2D eigenvalue weighted by Crippen LogP contribution is -2.22. The SMILES string of the molecule is O=C(NCC#CCOc1cccnc1)c1ccc(Cl)s1. The van der Waals surface area contributed by atoms with Crippen LogP contribution in [-0.2, 0) is 0 Å². The zero-order chi connectivity index (χ0) is 14.2. The number of nitrogens with one attached hydrogen (secondary N) is 1. The maximum absolute atomic E-state index is 11.6. The van der Waals surface area contributed by atoms with Crippen LogP contribution in [0.25, 0.3) is 0 Å². The lowest BCUT2D eigenvalue weighted by atomic mass is 10.4. The van der Waals surface area contributed by atoms with E-state index in [1.54, 1.807) is 36.7 Å². The molecule has 4 nitrogen and oxygen atoms in total. The van der Waals surface area contributed by atoms with E-state index in [-0.39, 0.29) is 19.1 Å². The van der Waals surface area contributed by atoms with Crippen LogP contribution in [0.15, 0.2) is 36.7 Å². The second kappa shape index (κ2) is 7.53. The summed E-state index contributed by atoms with van der Waals surface area (Å²) in [5, 5.41) is 2.68. The number of rotatable bonds is 4. The van der Waals surface area contributed by atoms with E-state index in [0.717, 1.165) is 0 Å². The number of ether oxygens (including phenoxy) is 1. The van der Waals surface area contributed by atoms with Crippen molar-refractivity contribution in [1.82, 2.24) is 10.3 Å². The van der Waals surface area contributed by atoms with Crippen LogP contribution in [0.5, 0.6) is 5.75 Å². The molecule has 0 saturated carbocycles. The van der Waals surface area contributed by atoms with E-state index in [9.17, 15) is 4.79 Å². The zero-order valence-corrected chi connectivity index (χ0v) is 12.0. The number of carbonyl (C=O) groups is 1. The van der Waals surface area contributed by atoms with Gasteiger partial charge in [-0.2, -0.15) is 0 Å². The van der Waals surface area contributed by atoms with Gasteiger partial charge in [-0.05, 0) is 24.3 Å². The first-order valence-corrected chi connectivity index (χ1v) is 6.97. The van der Waals surface area contributed by atoms with Crippen molar-refractivity contribution in [2.45, 2.75) is 0 Å². The summed E-state index contributed by atoms with van der Waals surface area (Å²) >= 11 is 6.99. The molecule has 2 rings (SSSR count). The summed E-state index contributed by atoms with van der Waals surface area (Å²) in [6.07, 6.45) is 3.29. The molecule has 20 heavy (non-hydrogen) atoms. The van der Waals surface area contributed by atoms with Gasteiger partial charge >= 0.3 is 0 Å². The van der Waals surface area contributed by atoms with Crippen LogP contribution in [0.2, 0.25) is 4.34 Å². The molecule has 0 unspecified atom stereocenters. The number of hydrogen-bond donors (Lipinski definition) is 1. The lowest BCUT2D eigenvalue weighted by molar-refractivity contribution is 0.0962. The number of hydrogen-bond acceptors (Lipinski definition) is 4. The first-order valence-electron chi connectivity index (χ1n) is 5.78.